The second-order valence-electron chi connectivity index (χ2n) is 3.96. The quantitative estimate of drug-likeness (QED) is 0.753. The van der Waals surface area contributed by atoms with E-state index < -0.39 is 5.97 Å². The van der Waals surface area contributed by atoms with E-state index in [0.717, 1.165) is 4.90 Å². The Morgan fingerprint density at radius 3 is 2.32 bits per heavy atom. The minimum atomic E-state index is -0.908. The lowest BCUT2D eigenvalue weighted by Gasteiger charge is -2.10. The zero-order valence-electron chi connectivity index (χ0n) is 9.91. The Labute approximate surface area is 122 Å². The molecule has 98 valence electrons. The largest absolute Gasteiger partial charge is 0.481 e. The van der Waals surface area contributed by atoms with Crippen molar-refractivity contribution in [3.63, 3.8) is 0 Å². The number of thiol groups is 2. The van der Waals surface area contributed by atoms with E-state index in [-0.39, 0.29) is 6.42 Å². The van der Waals surface area contributed by atoms with Crippen molar-refractivity contribution >= 4 is 31.2 Å². The first-order valence-corrected chi connectivity index (χ1v) is 6.44. The maximum Gasteiger partial charge on any atom is 0.307 e. The maximum atomic E-state index is 10.8. The Bertz CT molecular complexity index is 594. The van der Waals surface area contributed by atoms with E-state index >= 15 is 0 Å². The summed E-state index contributed by atoms with van der Waals surface area (Å²) in [5.74, 6) is 0.248. The number of carbonyl (C=O) groups is 1. The number of carboxylic acids is 1. The summed E-state index contributed by atoms with van der Waals surface area (Å²) in [6.07, 6.45) is -0.103. The molecule has 1 N–H and O–H groups in total. The van der Waals surface area contributed by atoms with Crippen LogP contribution < -0.4 is 4.74 Å². The highest BCUT2D eigenvalue weighted by atomic mass is 32.1. The first-order valence-electron chi connectivity index (χ1n) is 5.55. The van der Waals surface area contributed by atoms with Gasteiger partial charge in [-0.3, -0.25) is 4.79 Å². The van der Waals surface area contributed by atoms with Gasteiger partial charge in [-0.05, 0) is 42.5 Å². The standard InChI is InChI=1S/C14H12O3S2/c15-14(16)8-9-7-12(19)5-6-13(9)17-10-1-3-11(18)4-2-10/h1-7,18-19H,8H2,(H,15,16). The highest BCUT2D eigenvalue weighted by Gasteiger charge is 2.09. The average Bonchev–Trinajstić information content (AvgIpc) is 2.34. The number of hydrogen-bond donors (Lipinski definition) is 3. The van der Waals surface area contributed by atoms with Crippen LogP contribution in [0.2, 0.25) is 0 Å². The monoisotopic (exact) mass is 292 g/mol. The fourth-order valence-electron chi connectivity index (χ4n) is 1.61. The first-order chi connectivity index (χ1) is 9.04. The van der Waals surface area contributed by atoms with E-state index in [1.54, 1.807) is 30.3 Å². The molecule has 0 atom stereocenters. The predicted octanol–water partition coefficient (Wildman–Crippen LogP) is 3.68. The summed E-state index contributed by atoms with van der Waals surface area (Å²) < 4.78 is 5.69. The van der Waals surface area contributed by atoms with Gasteiger partial charge >= 0.3 is 5.97 Å². The zero-order valence-corrected chi connectivity index (χ0v) is 11.7. The molecule has 0 saturated carbocycles. The number of rotatable bonds is 4. The molecule has 0 amide bonds. The van der Waals surface area contributed by atoms with Crippen LogP contribution in [0.25, 0.3) is 0 Å². The summed E-state index contributed by atoms with van der Waals surface area (Å²) in [7, 11) is 0. The lowest BCUT2D eigenvalue weighted by molar-refractivity contribution is -0.136. The van der Waals surface area contributed by atoms with Crippen LogP contribution in [0.15, 0.2) is 52.3 Å². The lowest BCUT2D eigenvalue weighted by atomic mass is 10.1. The summed E-state index contributed by atoms with van der Waals surface area (Å²) in [5.41, 5.74) is 0.593. The average molecular weight is 292 g/mol. The van der Waals surface area contributed by atoms with Gasteiger partial charge in [0, 0.05) is 15.4 Å². The Balaban J connectivity index is 2.28. The summed E-state index contributed by atoms with van der Waals surface area (Å²) in [5, 5.41) is 8.89. The van der Waals surface area contributed by atoms with E-state index in [2.05, 4.69) is 25.3 Å². The van der Waals surface area contributed by atoms with Crippen LogP contribution in [-0.4, -0.2) is 11.1 Å². The third-order valence-corrected chi connectivity index (χ3v) is 3.03. The van der Waals surface area contributed by atoms with E-state index in [4.69, 9.17) is 9.84 Å². The van der Waals surface area contributed by atoms with Crippen molar-refractivity contribution in [3.8, 4) is 11.5 Å². The third-order valence-electron chi connectivity index (χ3n) is 2.45. The SMILES string of the molecule is O=C(O)Cc1cc(S)ccc1Oc1ccc(S)cc1. The van der Waals surface area contributed by atoms with Gasteiger partial charge in [-0.1, -0.05) is 0 Å². The molecule has 5 heteroatoms. The fourth-order valence-corrected chi connectivity index (χ4v) is 1.99. The molecule has 2 aromatic rings. The smallest absolute Gasteiger partial charge is 0.307 e. The van der Waals surface area contributed by atoms with Gasteiger partial charge in [0.15, 0.2) is 0 Å². The van der Waals surface area contributed by atoms with Crippen molar-refractivity contribution in [2.45, 2.75) is 16.2 Å². The molecular formula is C14H12O3S2. The van der Waals surface area contributed by atoms with Gasteiger partial charge in [-0.15, -0.1) is 25.3 Å². The summed E-state index contributed by atoms with van der Waals surface area (Å²) in [6, 6.07) is 12.3. The van der Waals surface area contributed by atoms with Gasteiger partial charge in [-0.2, -0.15) is 0 Å². The molecule has 0 bridgehead atoms. The van der Waals surface area contributed by atoms with Gasteiger partial charge in [0.1, 0.15) is 11.5 Å². The number of ether oxygens (including phenoxy) is 1. The minimum absolute atomic E-state index is 0.103. The molecule has 2 rings (SSSR count). The first kappa shape index (κ1) is 13.8. The van der Waals surface area contributed by atoms with Crippen LogP contribution in [0.4, 0.5) is 0 Å². The van der Waals surface area contributed by atoms with E-state index in [0.29, 0.717) is 22.0 Å². The van der Waals surface area contributed by atoms with Crippen molar-refractivity contribution < 1.29 is 14.6 Å². The summed E-state index contributed by atoms with van der Waals surface area (Å²) in [4.78, 5) is 12.4. The maximum absolute atomic E-state index is 10.8. The zero-order chi connectivity index (χ0) is 13.8. The Hall–Kier alpha value is -1.59. The predicted molar refractivity (Wildman–Crippen MR) is 78.8 cm³/mol. The van der Waals surface area contributed by atoms with E-state index in [9.17, 15) is 4.79 Å². The molecule has 0 aliphatic carbocycles. The van der Waals surface area contributed by atoms with Crippen molar-refractivity contribution in [3.05, 3.63) is 48.0 Å². The molecule has 0 aromatic heterocycles. The molecule has 0 aliphatic rings. The number of aliphatic carboxylic acids is 1. The Kier molecular flexibility index (Phi) is 4.39. The highest BCUT2D eigenvalue weighted by Crippen LogP contribution is 2.28. The topological polar surface area (TPSA) is 46.5 Å². The van der Waals surface area contributed by atoms with Crippen molar-refractivity contribution in [1.29, 1.82) is 0 Å². The molecular weight excluding hydrogens is 280 g/mol. The molecule has 0 heterocycles. The minimum Gasteiger partial charge on any atom is -0.481 e. The molecule has 19 heavy (non-hydrogen) atoms. The number of carboxylic acid groups (broad SMARTS) is 1. The van der Waals surface area contributed by atoms with Crippen LogP contribution in [0.3, 0.4) is 0 Å². The molecule has 2 aromatic carbocycles. The molecule has 0 unspecified atom stereocenters. The molecule has 0 radical (unpaired) electrons. The highest BCUT2D eigenvalue weighted by molar-refractivity contribution is 7.80. The van der Waals surface area contributed by atoms with Gasteiger partial charge in [0.2, 0.25) is 0 Å². The van der Waals surface area contributed by atoms with Crippen LogP contribution in [0.1, 0.15) is 5.56 Å². The van der Waals surface area contributed by atoms with E-state index in [1.807, 2.05) is 12.1 Å². The molecule has 3 nitrogen and oxygen atoms in total. The van der Waals surface area contributed by atoms with E-state index in [1.165, 1.54) is 0 Å². The Morgan fingerprint density at radius 1 is 1.05 bits per heavy atom. The summed E-state index contributed by atoms with van der Waals surface area (Å²) >= 11 is 8.40. The fraction of sp³-hybridized carbons (Fsp3) is 0.0714. The molecule has 0 spiro atoms. The molecule has 0 saturated heterocycles. The van der Waals surface area contributed by atoms with Crippen LogP contribution in [0.5, 0.6) is 11.5 Å². The van der Waals surface area contributed by atoms with Crippen LogP contribution in [-0.2, 0) is 11.2 Å². The Morgan fingerprint density at radius 2 is 1.68 bits per heavy atom. The van der Waals surface area contributed by atoms with Crippen molar-refractivity contribution in [2.24, 2.45) is 0 Å². The van der Waals surface area contributed by atoms with Gasteiger partial charge < -0.3 is 9.84 Å². The second-order valence-corrected chi connectivity index (χ2v) is 4.99. The number of hydrogen-bond acceptors (Lipinski definition) is 4. The van der Waals surface area contributed by atoms with Crippen LogP contribution in [0, 0.1) is 0 Å². The molecule has 0 aliphatic heterocycles. The van der Waals surface area contributed by atoms with Crippen molar-refractivity contribution in [2.75, 3.05) is 0 Å². The lowest BCUT2D eigenvalue weighted by Crippen LogP contribution is -2.02. The second kappa shape index (κ2) is 6.04. The number of benzene rings is 2. The van der Waals surface area contributed by atoms with Gasteiger partial charge in [0.25, 0.3) is 0 Å². The van der Waals surface area contributed by atoms with Crippen LogP contribution >= 0.6 is 25.3 Å². The van der Waals surface area contributed by atoms with Gasteiger partial charge in [-0.25, -0.2) is 0 Å². The third kappa shape index (κ3) is 3.94. The van der Waals surface area contributed by atoms with Gasteiger partial charge in [0.05, 0.1) is 6.42 Å². The molecule has 0 fully saturated rings. The normalized spacial score (nSPS) is 10.2. The van der Waals surface area contributed by atoms with Crippen molar-refractivity contribution in [1.82, 2.24) is 0 Å². The summed E-state index contributed by atoms with van der Waals surface area (Å²) in [6.45, 7) is 0.